The second-order valence-corrected chi connectivity index (χ2v) is 6.03. The molecule has 2 nitrogen and oxygen atoms in total. The van der Waals surface area contributed by atoms with Crippen LogP contribution in [0.2, 0.25) is 0 Å². The van der Waals surface area contributed by atoms with E-state index in [0.29, 0.717) is 5.92 Å². The van der Waals surface area contributed by atoms with Crippen molar-refractivity contribution in [2.24, 2.45) is 13.0 Å². The first-order chi connectivity index (χ1) is 9.56. The fraction of sp³-hybridized carbons (Fsp3) is 0.389. The topological polar surface area (TPSA) is 17.8 Å². The minimum atomic E-state index is 0.662. The predicted octanol–water partition coefficient (Wildman–Crippen LogP) is 4.64. The highest BCUT2D eigenvalue weighted by molar-refractivity contribution is 5.86. The molecule has 0 N–H and O–H groups in total. The zero-order valence-electron chi connectivity index (χ0n) is 12.8. The number of aryl methyl sites for hydroxylation is 2. The number of hydrogen-bond acceptors (Lipinski definition) is 1. The van der Waals surface area contributed by atoms with Crippen LogP contribution in [0.15, 0.2) is 35.9 Å². The van der Waals surface area contributed by atoms with Gasteiger partial charge in [0.15, 0.2) is 0 Å². The summed E-state index contributed by atoms with van der Waals surface area (Å²) in [7, 11) is 2.02. The summed E-state index contributed by atoms with van der Waals surface area (Å²) in [4.78, 5) is 0. The minimum absolute atomic E-state index is 0.662. The van der Waals surface area contributed by atoms with E-state index in [1.165, 1.54) is 28.5 Å². The number of benzene rings is 1. The smallest absolute Gasteiger partial charge is 0.0687 e. The first-order valence-electron chi connectivity index (χ1n) is 7.39. The fourth-order valence-electron chi connectivity index (χ4n) is 3.01. The molecule has 0 spiro atoms. The summed E-state index contributed by atoms with van der Waals surface area (Å²) in [5.74, 6) is 0.662. The van der Waals surface area contributed by atoms with Gasteiger partial charge in [-0.3, -0.25) is 4.68 Å². The van der Waals surface area contributed by atoms with Gasteiger partial charge in [-0.2, -0.15) is 5.10 Å². The van der Waals surface area contributed by atoms with Gasteiger partial charge >= 0.3 is 0 Å². The van der Waals surface area contributed by atoms with Crippen LogP contribution in [0.4, 0.5) is 0 Å². The third-order valence-corrected chi connectivity index (χ3v) is 4.33. The van der Waals surface area contributed by atoms with Crippen molar-refractivity contribution in [3.63, 3.8) is 0 Å². The molecule has 2 aromatic rings. The Morgan fingerprint density at radius 1 is 1.15 bits per heavy atom. The maximum atomic E-state index is 4.50. The van der Waals surface area contributed by atoms with E-state index < -0.39 is 0 Å². The number of fused-ring (bicyclic) bond motifs is 1. The van der Waals surface area contributed by atoms with Crippen molar-refractivity contribution in [3.05, 3.63) is 47.2 Å². The Morgan fingerprint density at radius 3 is 2.60 bits per heavy atom. The summed E-state index contributed by atoms with van der Waals surface area (Å²) >= 11 is 0. The SMILES string of the molecule is Cc1nn(C)c2cc(C3=CC=C(C(C)C)CC3)ccc12. The third-order valence-electron chi connectivity index (χ3n) is 4.33. The third kappa shape index (κ3) is 2.20. The molecule has 1 aliphatic carbocycles. The number of nitrogens with zero attached hydrogens (tertiary/aromatic N) is 2. The maximum absolute atomic E-state index is 4.50. The zero-order valence-corrected chi connectivity index (χ0v) is 12.8. The summed E-state index contributed by atoms with van der Waals surface area (Å²) in [6.45, 7) is 6.61. The molecule has 1 heterocycles. The molecule has 1 aliphatic rings. The molecular formula is C18H22N2. The van der Waals surface area contributed by atoms with E-state index in [0.717, 1.165) is 12.1 Å². The van der Waals surface area contributed by atoms with Crippen LogP contribution in [0, 0.1) is 12.8 Å². The molecule has 0 aliphatic heterocycles. The van der Waals surface area contributed by atoms with E-state index in [1.807, 2.05) is 11.7 Å². The molecule has 20 heavy (non-hydrogen) atoms. The molecule has 0 bridgehead atoms. The van der Waals surface area contributed by atoms with Gasteiger partial charge in [0.1, 0.15) is 0 Å². The Hall–Kier alpha value is -1.83. The molecule has 0 radical (unpaired) electrons. The molecule has 0 saturated heterocycles. The van der Waals surface area contributed by atoms with Crippen molar-refractivity contribution in [3.8, 4) is 0 Å². The van der Waals surface area contributed by atoms with Crippen LogP contribution in [0.3, 0.4) is 0 Å². The normalized spacial score (nSPS) is 15.7. The molecular weight excluding hydrogens is 244 g/mol. The largest absolute Gasteiger partial charge is 0.268 e. The monoisotopic (exact) mass is 266 g/mol. The summed E-state index contributed by atoms with van der Waals surface area (Å²) in [5.41, 5.74) is 6.66. The van der Waals surface area contributed by atoms with Gasteiger partial charge in [0.25, 0.3) is 0 Å². The van der Waals surface area contributed by atoms with Gasteiger partial charge in [-0.25, -0.2) is 0 Å². The Kier molecular flexibility index (Phi) is 3.25. The summed E-state index contributed by atoms with van der Waals surface area (Å²) < 4.78 is 1.98. The quantitative estimate of drug-likeness (QED) is 0.774. The highest BCUT2D eigenvalue weighted by Crippen LogP contribution is 2.31. The van der Waals surface area contributed by atoms with Crippen LogP contribution in [0.5, 0.6) is 0 Å². The van der Waals surface area contributed by atoms with Gasteiger partial charge in [-0.05, 0) is 42.9 Å². The summed E-state index contributed by atoms with van der Waals surface area (Å²) in [5, 5.41) is 5.75. The van der Waals surface area contributed by atoms with Gasteiger partial charge in [0.2, 0.25) is 0 Å². The average molecular weight is 266 g/mol. The zero-order chi connectivity index (χ0) is 14.3. The highest BCUT2D eigenvalue weighted by atomic mass is 15.3. The molecule has 0 amide bonds. The maximum Gasteiger partial charge on any atom is 0.0687 e. The number of rotatable bonds is 2. The van der Waals surface area contributed by atoms with Crippen LogP contribution in [-0.2, 0) is 7.05 Å². The van der Waals surface area contributed by atoms with Gasteiger partial charge < -0.3 is 0 Å². The molecule has 2 heteroatoms. The van der Waals surface area contributed by atoms with E-state index in [1.54, 1.807) is 5.57 Å². The van der Waals surface area contributed by atoms with Crippen LogP contribution < -0.4 is 0 Å². The number of aromatic nitrogens is 2. The standard InChI is InChI=1S/C18H22N2/c1-12(2)14-5-7-15(8-6-14)16-9-10-17-13(3)19-20(4)18(17)11-16/h5,7,9-12H,6,8H2,1-4H3. The van der Waals surface area contributed by atoms with Gasteiger partial charge in [0, 0.05) is 12.4 Å². The van der Waals surface area contributed by atoms with Crippen molar-refractivity contribution in [1.29, 1.82) is 0 Å². The lowest BCUT2D eigenvalue weighted by Gasteiger charge is -2.17. The van der Waals surface area contributed by atoms with Crippen molar-refractivity contribution >= 4 is 16.5 Å². The molecule has 0 atom stereocenters. The predicted molar refractivity (Wildman–Crippen MR) is 85.6 cm³/mol. The lowest BCUT2D eigenvalue weighted by atomic mass is 9.88. The average Bonchev–Trinajstić information content (AvgIpc) is 2.74. The summed E-state index contributed by atoms with van der Waals surface area (Å²) in [6, 6.07) is 6.71. The van der Waals surface area contributed by atoms with E-state index in [9.17, 15) is 0 Å². The Morgan fingerprint density at radius 2 is 1.95 bits per heavy atom. The lowest BCUT2D eigenvalue weighted by molar-refractivity contribution is 0.713. The first-order valence-corrected chi connectivity index (χ1v) is 7.39. The number of allylic oxidation sites excluding steroid dienone is 4. The molecule has 0 unspecified atom stereocenters. The molecule has 0 fully saturated rings. The fourth-order valence-corrected chi connectivity index (χ4v) is 3.01. The Labute approximate surface area is 120 Å². The molecule has 3 rings (SSSR count). The Bertz CT molecular complexity index is 714. The van der Waals surface area contributed by atoms with Gasteiger partial charge in [0.05, 0.1) is 11.2 Å². The van der Waals surface area contributed by atoms with Crippen molar-refractivity contribution in [1.82, 2.24) is 9.78 Å². The second kappa shape index (κ2) is 4.93. The lowest BCUT2D eigenvalue weighted by Crippen LogP contribution is -1.99. The van der Waals surface area contributed by atoms with Crippen LogP contribution >= 0.6 is 0 Å². The van der Waals surface area contributed by atoms with Gasteiger partial charge in [-0.15, -0.1) is 0 Å². The molecule has 104 valence electrons. The molecule has 1 aromatic carbocycles. The second-order valence-electron chi connectivity index (χ2n) is 6.03. The van der Waals surface area contributed by atoms with Crippen LogP contribution in [0.1, 0.15) is 37.9 Å². The van der Waals surface area contributed by atoms with Crippen molar-refractivity contribution in [2.75, 3.05) is 0 Å². The van der Waals surface area contributed by atoms with E-state index in [-0.39, 0.29) is 0 Å². The highest BCUT2D eigenvalue weighted by Gasteiger charge is 2.12. The Balaban J connectivity index is 2.01. The van der Waals surface area contributed by atoms with Crippen molar-refractivity contribution in [2.45, 2.75) is 33.6 Å². The van der Waals surface area contributed by atoms with Gasteiger partial charge in [-0.1, -0.05) is 43.7 Å². The van der Waals surface area contributed by atoms with E-state index in [2.05, 4.69) is 56.2 Å². The summed E-state index contributed by atoms with van der Waals surface area (Å²) in [6.07, 6.45) is 6.93. The minimum Gasteiger partial charge on any atom is -0.268 e. The molecule has 0 saturated carbocycles. The van der Waals surface area contributed by atoms with E-state index >= 15 is 0 Å². The number of hydrogen-bond donors (Lipinski definition) is 0. The van der Waals surface area contributed by atoms with Crippen molar-refractivity contribution < 1.29 is 0 Å². The van der Waals surface area contributed by atoms with E-state index in [4.69, 9.17) is 0 Å². The van der Waals surface area contributed by atoms with Crippen LogP contribution in [-0.4, -0.2) is 9.78 Å². The molecule has 1 aromatic heterocycles. The first kappa shape index (κ1) is 13.2. The van der Waals surface area contributed by atoms with Crippen LogP contribution in [0.25, 0.3) is 16.5 Å².